The summed E-state index contributed by atoms with van der Waals surface area (Å²) in [6.07, 6.45) is -3.01. The third-order valence-electron chi connectivity index (χ3n) is 6.91. The van der Waals surface area contributed by atoms with Gasteiger partial charge >= 0.3 is 6.18 Å². The number of nitrogens with two attached hydrogens (primary N) is 1. The van der Waals surface area contributed by atoms with Crippen LogP contribution in [0.2, 0.25) is 0 Å². The molecule has 238 valence electrons. The third-order valence-corrected chi connectivity index (χ3v) is 6.91. The Morgan fingerprint density at radius 2 is 1.55 bits per heavy atom. The van der Waals surface area contributed by atoms with Crippen LogP contribution in [-0.4, -0.2) is 48.5 Å². The monoisotopic (exact) mass is 619 g/mol. The first-order valence-corrected chi connectivity index (χ1v) is 14.5. The van der Waals surface area contributed by atoms with Gasteiger partial charge in [-0.3, -0.25) is 9.59 Å². The molecule has 0 aliphatic heterocycles. The maximum absolute atomic E-state index is 14.0. The Kier molecular flexibility index (Phi) is 12.4. The van der Waals surface area contributed by atoms with Gasteiger partial charge in [0.1, 0.15) is 11.6 Å². The molecule has 0 heterocycles. The molecule has 0 aliphatic rings. The minimum atomic E-state index is -4.51. The van der Waals surface area contributed by atoms with Crippen LogP contribution in [0, 0.1) is 18.6 Å². The van der Waals surface area contributed by atoms with Crippen LogP contribution in [0.15, 0.2) is 60.7 Å². The molecular weight excluding hydrogens is 581 g/mol. The molecule has 11 heteroatoms. The van der Waals surface area contributed by atoms with Gasteiger partial charge in [-0.05, 0) is 85.3 Å². The van der Waals surface area contributed by atoms with E-state index in [1.807, 2.05) is 13.8 Å². The van der Waals surface area contributed by atoms with Crippen molar-refractivity contribution in [2.45, 2.75) is 64.9 Å². The minimum absolute atomic E-state index is 0.0626. The summed E-state index contributed by atoms with van der Waals surface area (Å²) in [7, 11) is 0. The van der Waals surface area contributed by atoms with Crippen LogP contribution in [0.4, 0.5) is 22.0 Å². The van der Waals surface area contributed by atoms with Crippen molar-refractivity contribution in [1.29, 1.82) is 0 Å². The molecule has 3 rings (SSSR count). The number of benzene rings is 3. The van der Waals surface area contributed by atoms with E-state index in [9.17, 15) is 31.5 Å². The molecule has 0 bridgehead atoms. The zero-order valence-electron chi connectivity index (χ0n) is 25.0. The van der Waals surface area contributed by atoms with Crippen molar-refractivity contribution in [2.75, 3.05) is 19.7 Å². The molecule has 1 unspecified atom stereocenters. The number of amides is 2. The second kappa shape index (κ2) is 15.8. The molecule has 0 saturated carbocycles. The van der Waals surface area contributed by atoms with E-state index < -0.39 is 41.4 Å². The van der Waals surface area contributed by atoms with Gasteiger partial charge in [-0.15, -0.1) is 0 Å². The Labute approximate surface area is 254 Å². The van der Waals surface area contributed by atoms with Crippen molar-refractivity contribution in [3.05, 3.63) is 106 Å². The maximum atomic E-state index is 14.0. The first kappa shape index (κ1) is 34.7. The van der Waals surface area contributed by atoms with Crippen LogP contribution < -0.4 is 11.1 Å². The van der Waals surface area contributed by atoms with E-state index in [0.29, 0.717) is 24.2 Å². The fraction of sp³-hybridized carbons (Fsp3) is 0.394. The van der Waals surface area contributed by atoms with Gasteiger partial charge in [-0.2, -0.15) is 13.2 Å². The molecule has 2 atom stereocenters. The lowest BCUT2D eigenvalue weighted by molar-refractivity contribution is -0.137. The first-order chi connectivity index (χ1) is 20.8. The Balaban J connectivity index is 1.81. The van der Waals surface area contributed by atoms with Gasteiger partial charge < -0.3 is 20.7 Å². The summed E-state index contributed by atoms with van der Waals surface area (Å²) in [4.78, 5) is 28.4. The lowest BCUT2D eigenvalue weighted by atomic mass is 9.98. The maximum Gasteiger partial charge on any atom is 0.416 e. The molecule has 44 heavy (non-hydrogen) atoms. The molecule has 2 amide bonds. The van der Waals surface area contributed by atoms with Gasteiger partial charge in [0.2, 0.25) is 0 Å². The number of nitrogens with zero attached hydrogens (tertiary/aromatic N) is 1. The normalized spacial score (nSPS) is 12.9. The van der Waals surface area contributed by atoms with Crippen molar-refractivity contribution >= 4 is 11.8 Å². The molecule has 0 aliphatic carbocycles. The average molecular weight is 620 g/mol. The van der Waals surface area contributed by atoms with Gasteiger partial charge in [-0.1, -0.05) is 26.0 Å². The Morgan fingerprint density at radius 3 is 2.16 bits per heavy atom. The Hall–Kier alpha value is -3.83. The predicted molar refractivity (Wildman–Crippen MR) is 158 cm³/mol. The van der Waals surface area contributed by atoms with Crippen LogP contribution >= 0.6 is 0 Å². The number of alkyl halides is 3. The highest BCUT2D eigenvalue weighted by Gasteiger charge is 2.30. The zero-order chi connectivity index (χ0) is 32.4. The number of hydrogen-bond donors (Lipinski definition) is 2. The minimum Gasteiger partial charge on any atom is -0.375 e. The molecule has 0 fully saturated rings. The molecular formula is C33H38F5N3O3. The predicted octanol–water partition coefficient (Wildman–Crippen LogP) is 6.44. The van der Waals surface area contributed by atoms with Gasteiger partial charge in [0.05, 0.1) is 24.8 Å². The Morgan fingerprint density at radius 1 is 0.909 bits per heavy atom. The van der Waals surface area contributed by atoms with E-state index in [1.165, 1.54) is 18.2 Å². The summed E-state index contributed by atoms with van der Waals surface area (Å²) in [5.41, 5.74) is 7.32. The number of halogens is 5. The summed E-state index contributed by atoms with van der Waals surface area (Å²) >= 11 is 0. The van der Waals surface area contributed by atoms with Crippen molar-refractivity contribution in [2.24, 2.45) is 5.73 Å². The van der Waals surface area contributed by atoms with Gasteiger partial charge in [0.25, 0.3) is 11.8 Å². The quantitative estimate of drug-likeness (QED) is 0.204. The van der Waals surface area contributed by atoms with E-state index in [-0.39, 0.29) is 42.2 Å². The van der Waals surface area contributed by atoms with Crippen LogP contribution in [-0.2, 0) is 23.9 Å². The fourth-order valence-electron chi connectivity index (χ4n) is 4.89. The molecule has 0 aromatic heterocycles. The summed E-state index contributed by atoms with van der Waals surface area (Å²) in [6, 6.07) is 10.7. The largest absolute Gasteiger partial charge is 0.416 e. The number of rotatable bonds is 14. The van der Waals surface area contributed by atoms with Crippen LogP contribution in [0.25, 0.3) is 0 Å². The zero-order valence-corrected chi connectivity index (χ0v) is 25.0. The molecule has 0 saturated heterocycles. The molecule has 0 spiro atoms. The first-order valence-electron chi connectivity index (χ1n) is 14.5. The highest BCUT2D eigenvalue weighted by molar-refractivity contribution is 6.00. The molecule has 3 N–H and O–H groups in total. The lowest BCUT2D eigenvalue weighted by Gasteiger charge is -2.26. The Bertz CT molecular complexity index is 1400. The lowest BCUT2D eigenvalue weighted by Crippen LogP contribution is -2.51. The SMILES string of the molecule is CCCN(CCC)C(=O)c1cc(C)cc(C(=O)N[C@@H](Cc2cc(F)cc(F)c2)C(N)COCc2cccc(C(F)(F)F)c2)c1. The second-order valence-electron chi connectivity index (χ2n) is 10.8. The average Bonchev–Trinajstić information content (AvgIpc) is 2.95. The summed E-state index contributed by atoms with van der Waals surface area (Å²) in [6.45, 7) is 6.50. The summed E-state index contributed by atoms with van der Waals surface area (Å²) in [5.74, 6) is -2.36. The van der Waals surface area contributed by atoms with Crippen LogP contribution in [0.3, 0.4) is 0 Å². The molecule has 6 nitrogen and oxygen atoms in total. The highest BCUT2D eigenvalue weighted by atomic mass is 19.4. The number of nitrogens with one attached hydrogen (secondary N) is 1. The van der Waals surface area contributed by atoms with E-state index in [2.05, 4.69) is 5.32 Å². The van der Waals surface area contributed by atoms with Crippen molar-refractivity contribution in [1.82, 2.24) is 10.2 Å². The second-order valence-corrected chi connectivity index (χ2v) is 10.8. The topological polar surface area (TPSA) is 84.7 Å². The van der Waals surface area contributed by atoms with Crippen molar-refractivity contribution in [3.63, 3.8) is 0 Å². The van der Waals surface area contributed by atoms with E-state index >= 15 is 0 Å². The molecule has 0 radical (unpaired) electrons. The van der Waals surface area contributed by atoms with Crippen LogP contribution in [0.1, 0.15) is 69.7 Å². The summed E-state index contributed by atoms with van der Waals surface area (Å²) < 4.78 is 72.7. The van der Waals surface area contributed by atoms with Gasteiger partial charge in [0.15, 0.2) is 0 Å². The van der Waals surface area contributed by atoms with E-state index in [1.54, 1.807) is 24.0 Å². The van der Waals surface area contributed by atoms with Gasteiger partial charge in [0, 0.05) is 36.3 Å². The van der Waals surface area contributed by atoms with Gasteiger partial charge in [-0.25, -0.2) is 8.78 Å². The standard InChI is InChI=1S/C33H38F5N3O3/c1-4-9-41(10-5-2)32(43)25-12-21(3)11-24(17-25)31(42)40-30(16-23-14-27(34)18-28(35)15-23)29(39)20-44-19-22-7-6-8-26(13-22)33(36,37)38/h6-8,11-15,17-18,29-30H,4-5,9-10,16,19-20,39H2,1-3H3,(H,40,42)/t29?,30-/m0/s1. The number of carbonyl (C=O) groups is 2. The number of carbonyl (C=O) groups excluding carboxylic acids is 2. The highest BCUT2D eigenvalue weighted by Crippen LogP contribution is 2.29. The number of ether oxygens (including phenoxy) is 1. The van der Waals surface area contributed by atoms with E-state index in [0.717, 1.165) is 43.2 Å². The van der Waals surface area contributed by atoms with Crippen LogP contribution in [0.5, 0.6) is 0 Å². The summed E-state index contributed by atoms with van der Waals surface area (Å²) in [5, 5.41) is 2.81. The molecule has 3 aromatic rings. The van der Waals surface area contributed by atoms with Crippen molar-refractivity contribution < 1.29 is 36.3 Å². The van der Waals surface area contributed by atoms with Crippen molar-refractivity contribution in [3.8, 4) is 0 Å². The van der Waals surface area contributed by atoms with E-state index in [4.69, 9.17) is 10.5 Å². The third kappa shape index (κ3) is 10.1. The smallest absolute Gasteiger partial charge is 0.375 e. The number of aryl methyl sites for hydroxylation is 1. The fourth-order valence-corrected chi connectivity index (χ4v) is 4.89. The molecule has 3 aromatic carbocycles. The number of hydrogen-bond acceptors (Lipinski definition) is 4.